The van der Waals surface area contributed by atoms with Crippen molar-refractivity contribution in [3.05, 3.63) is 35.2 Å². The maximum atomic E-state index is 11.1. The van der Waals surface area contributed by atoms with E-state index in [-0.39, 0.29) is 36.4 Å². The number of esters is 1. The Hall–Kier alpha value is -1.39. The molecule has 0 aliphatic heterocycles. The second-order valence-corrected chi connectivity index (χ2v) is 6.02. The molecule has 2 rings (SSSR count). The quantitative estimate of drug-likeness (QED) is 0.265. The third kappa shape index (κ3) is 5.91. The van der Waals surface area contributed by atoms with Gasteiger partial charge >= 0.3 is 5.97 Å². The lowest BCUT2D eigenvalue weighted by Crippen LogP contribution is -2.40. The van der Waals surface area contributed by atoms with E-state index in [1.54, 1.807) is 18.4 Å². The van der Waals surface area contributed by atoms with Gasteiger partial charge in [0, 0.05) is 29.7 Å². The van der Waals surface area contributed by atoms with Gasteiger partial charge in [-0.05, 0) is 17.5 Å². The molecule has 0 aliphatic rings. The molecule has 6 nitrogen and oxygen atoms in total. The third-order valence-electron chi connectivity index (χ3n) is 3.31. The number of halogens is 1. The van der Waals surface area contributed by atoms with Crippen LogP contribution in [0.25, 0.3) is 10.1 Å². The summed E-state index contributed by atoms with van der Waals surface area (Å²) in [6.07, 6.45) is -0.359. The molecule has 1 heterocycles. The van der Waals surface area contributed by atoms with Crippen LogP contribution in [0.15, 0.2) is 35.3 Å². The molecule has 0 saturated carbocycles. The number of benzene rings is 1. The summed E-state index contributed by atoms with van der Waals surface area (Å²) in [5, 5.41) is 17.5. The molecule has 1 aromatic carbocycles. The van der Waals surface area contributed by atoms with Crippen LogP contribution in [0.4, 0.5) is 0 Å². The number of rotatable bonds is 6. The smallest absolute Gasteiger partial charge is 0.307 e. The summed E-state index contributed by atoms with van der Waals surface area (Å²) in [5.41, 5.74) is 0. The van der Waals surface area contributed by atoms with Crippen molar-refractivity contribution < 1.29 is 14.6 Å². The highest BCUT2D eigenvalue weighted by molar-refractivity contribution is 14.0. The number of ether oxygens (including phenoxy) is 1. The molecule has 0 saturated heterocycles. The molecule has 0 amide bonds. The van der Waals surface area contributed by atoms with Crippen LogP contribution in [0, 0.1) is 0 Å². The average molecular weight is 463 g/mol. The molecule has 0 fully saturated rings. The molecular formula is C16H22IN3O3S. The van der Waals surface area contributed by atoms with Crippen LogP contribution in [-0.4, -0.2) is 44.3 Å². The number of guanidine groups is 1. The minimum absolute atomic E-state index is 0. The van der Waals surface area contributed by atoms with Crippen LogP contribution >= 0.6 is 35.3 Å². The number of aliphatic hydroxyl groups is 1. The number of nitrogens with zero attached hydrogens (tertiary/aromatic N) is 1. The molecule has 1 unspecified atom stereocenters. The molecule has 2 aromatic rings. The van der Waals surface area contributed by atoms with Gasteiger partial charge in [-0.15, -0.1) is 35.3 Å². The lowest BCUT2D eigenvalue weighted by molar-refractivity contribution is -0.140. The Morgan fingerprint density at radius 1 is 1.38 bits per heavy atom. The highest BCUT2D eigenvalue weighted by atomic mass is 127. The van der Waals surface area contributed by atoms with Crippen molar-refractivity contribution >= 4 is 57.3 Å². The van der Waals surface area contributed by atoms with Crippen LogP contribution < -0.4 is 10.6 Å². The zero-order valence-electron chi connectivity index (χ0n) is 13.6. The molecule has 1 aromatic heterocycles. The van der Waals surface area contributed by atoms with Gasteiger partial charge < -0.3 is 20.5 Å². The normalized spacial score (nSPS) is 12.4. The summed E-state index contributed by atoms with van der Waals surface area (Å²) in [7, 11) is 3.00. The summed E-state index contributed by atoms with van der Waals surface area (Å²) in [6.45, 7) is 0.760. The molecule has 24 heavy (non-hydrogen) atoms. The molecule has 0 spiro atoms. The van der Waals surface area contributed by atoms with E-state index < -0.39 is 6.10 Å². The standard InChI is InChI=1S/C16H21N3O3S.HI/c1-17-16(18-8-7-15(21)22-2)19-10-12(20)14-9-11-5-3-4-6-13(11)23-14;/h3-6,9,12,20H,7-8,10H2,1-2H3,(H2,17,18,19);1H. The maximum absolute atomic E-state index is 11.1. The molecule has 8 heteroatoms. The summed E-state index contributed by atoms with van der Waals surface area (Å²) in [6, 6.07) is 10.0. The lowest BCUT2D eigenvalue weighted by Gasteiger charge is -2.14. The number of hydrogen-bond acceptors (Lipinski definition) is 5. The Labute approximate surface area is 162 Å². The van der Waals surface area contributed by atoms with E-state index in [1.807, 2.05) is 30.3 Å². The predicted octanol–water partition coefficient (Wildman–Crippen LogP) is 2.28. The number of hydrogen-bond donors (Lipinski definition) is 3. The van der Waals surface area contributed by atoms with Gasteiger partial charge in [0.1, 0.15) is 6.10 Å². The monoisotopic (exact) mass is 463 g/mol. The van der Waals surface area contributed by atoms with E-state index in [0.717, 1.165) is 15.0 Å². The molecule has 0 bridgehead atoms. The third-order valence-corrected chi connectivity index (χ3v) is 4.53. The number of carbonyl (C=O) groups is 1. The minimum atomic E-state index is -0.619. The van der Waals surface area contributed by atoms with Crippen LogP contribution in [0.2, 0.25) is 0 Å². The van der Waals surface area contributed by atoms with Gasteiger partial charge in [-0.3, -0.25) is 9.79 Å². The van der Waals surface area contributed by atoms with Crippen LogP contribution in [0.3, 0.4) is 0 Å². The van der Waals surface area contributed by atoms with E-state index in [4.69, 9.17) is 0 Å². The van der Waals surface area contributed by atoms with Crippen molar-refractivity contribution in [3.63, 3.8) is 0 Å². The first kappa shape index (κ1) is 20.7. The van der Waals surface area contributed by atoms with E-state index in [9.17, 15) is 9.90 Å². The zero-order valence-corrected chi connectivity index (χ0v) is 16.8. The summed E-state index contributed by atoms with van der Waals surface area (Å²) < 4.78 is 5.73. The Bertz CT molecular complexity index is 657. The van der Waals surface area contributed by atoms with Crippen molar-refractivity contribution in [2.75, 3.05) is 27.2 Å². The van der Waals surface area contributed by atoms with Gasteiger partial charge in [0.2, 0.25) is 0 Å². The van der Waals surface area contributed by atoms with Crippen molar-refractivity contribution in [1.29, 1.82) is 0 Å². The van der Waals surface area contributed by atoms with E-state index >= 15 is 0 Å². The highest BCUT2D eigenvalue weighted by Gasteiger charge is 2.12. The summed E-state index contributed by atoms with van der Waals surface area (Å²) in [4.78, 5) is 16.0. The number of carbonyl (C=O) groups excluding carboxylic acids is 1. The molecule has 132 valence electrons. The minimum Gasteiger partial charge on any atom is -0.469 e. The number of aliphatic imine (C=N–C) groups is 1. The fourth-order valence-electron chi connectivity index (χ4n) is 2.07. The average Bonchev–Trinajstić information content (AvgIpc) is 3.01. The molecule has 1 atom stereocenters. The van der Waals surface area contributed by atoms with E-state index in [1.165, 1.54) is 7.11 Å². The molecule has 0 radical (unpaired) electrons. The first-order valence-electron chi connectivity index (χ1n) is 7.32. The zero-order chi connectivity index (χ0) is 16.7. The number of thiophene rings is 1. The SMILES string of the molecule is CN=C(NCCC(=O)OC)NCC(O)c1cc2ccccc2s1.I. The van der Waals surface area contributed by atoms with Crippen molar-refractivity contribution in [3.8, 4) is 0 Å². The van der Waals surface area contributed by atoms with E-state index in [2.05, 4.69) is 20.4 Å². The van der Waals surface area contributed by atoms with Crippen molar-refractivity contribution in [1.82, 2.24) is 10.6 Å². The number of nitrogens with one attached hydrogen (secondary N) is 2. The molecule has 0 aliphatic carbocycles. The Morgan fingerprint density at radius 3 is 2.79 bits per heavy atom. The van der Waals surface area contributed by atoms with Crippen LogP contribution in [0.1, 0.15) is 17.4 Å². The van der Waals surface area contributed by atoms with Gasteiger partial charge in [-0.2, -0.15) is 0 Å². The van der Waals surface area contributed by atoms with Gasteiger partial charge in [0.25, 0.3) is 0 Å². The number of fused-ring (bicyclic) bond motifs is 1. The molecular weight excluding hydrogens is 441 g/mol. The number of aliphatic hydroxyl groups excluding tert-OH is 1. The first-order valence-corrected chi connectivity index (χ1v) is 8.13. The number of methoxy groups -OCH3 is 1. The fraction of sp³-hybridized carbons (Fsp3) is 0.375. The van der Waals surface area contributed by atoms with Gasteiger partial charge in [0.15, 0.2) is 5.96 Å². The van der Waals surface area contributed by atoms with Crippen molar-refractivity contribution in [2.45, 2.75) is 12.5 Å². The second-order valence-electron chi connectivity index (χ2n) is 4.91. The van der Waals surface area contributed by atoms with Crippen LogP contribution in [0.5, 0.6) is 0 Å². The maximum Gasteiger partial charge on any atom is 0.307 e. The topological polar surface area (TPSA) is 83.0 Å². The Morgan fingerprint density at radius 2 is 2.12 bits per heavy atom. The second kappa shape index (κ2) is 10.5. The lowest BCUT2D eigenvalue weighted by atomic mass is 10.2. The fourth-order valence-corrected chi connectivity index (χ4v) is 3.12. The predicted molar refractivity (Wildman–Crippen MR) is 108 cm³/mol. The van der Waals surface area contributed by atoms with E-state index in [0.29, 0.717) is 19.0 Å². The highest BCUT2D eigenvalue weighted by Crippen LogP contribution is 2.29. The molecule has 3 N–H and O–H groups in total. The Balaban J connectivity index is 0.00000288. The van der Waals surface area contributed by atoms with Gasteiger partial charge in [-0.25, -0.2) is 0 Å². The Kier molecular flexibility index (Phi) is 9.01. The van der Waals surface area contributed by atoms with Crippen molar-refractivity contribution in [2.24, 2.45) is 4.99 Å². The summed E-state index contributed by atoms with van der Waals surface area (Å²) >= 11 is 1.58. The van der Waals surface area contributed by atoms with Crippen LogP contribution in [-0.2, 0) is 9.53 Å². The first-order chi connectivity index (χ1) is 11.1. The van der Waals surface area contributed by atoms with Gasteiger partial charge in [0.05, 0.1) is 13.5 Å². The van der Waals surface area contributed by atoms with Gasteiger partial charge in [-0.1, -0.05) is 18.2 Å². The largest absolute Gasteiger partial charge is 0.469 e. The summed E-state index contributed by atoms with van der Waals surface area (Å²) in [5.74, 6) is 0.257.